The molecule has 5 rings (SSSR count). The second-order valence-corrected chi connectivity index (χ2v) is 8.96. The van der Waals surface area contributed by atoms with Crippen molar-refractivity contribution in [2.24, 2.45) is 16.7 Å². The van der Waals surface area contributed by atoms with E-state index in [1.54, 1.807) is 7.11 Å². The fourth-order valence-electron chi connectivity index (χ4n) is 7.12. The molecule has 1 aromatic carbocycles. The summed E-state index contributed by atoms with van der Waals surface area (Å²) in [4.78, 5) is 0. The van der Waals surface area contributed by atoms with E-state index in [1.807, 2.05) is 6.08 Å². The molecule has 4 aliphatic rings. The predicted molar refractivity (Wildman–Crippen MR) is 96.7 cm³/mol. The lowest BCUT2D eigenvalue weighted by atomic mass is 9.44. The zero-order chi connectivity index (χ0) is 17.4. The van der Waals surface area contributed by atoms with Crippen LogP contribution in [0.25, 0.3) is 0 Å². The lowest BCUT2D eigenvalue weighted by molar-refractivity contribution is -0.178. The third kappa shape index (κ3) is 1.69. The molecular weight excluding hydrogens is 312 g/mol. The van der Waals surface area contributed by atoms with Crippen LogP contribution in [0, 0.1) is 16.7 Å². The summed E-state index contributed by atoms with van der Waals surface area (Å²) in [6.45, 7) is 2.24. The van der Waals surface area contributed by atoms with Crippen LogP contribution in [-0.2, 0) is 6.42 Å². The number of hydrogen-bond donors (Lipinski definition) is 2. The quantitative estimate of drug-likeness (QED) is 0.768. The molecule has 134 valence electrons. The molecule has 2 fully saturated rings. The number of allylic oxidation sites excluding steroid dienone is 1. The zero-order valence-corrected chi connectivity index (χ0v) is 15.2. The molecule has 6 atom stereocenters. The fourth-order valence-corrected chi connectivity index (χ4v) is 7.12. The van der Waals surface area contributed by atoms with E-state index in [4.69, 9.17) is 4.74 Å². The highest BCUT2D eigenvalue weighted by molar-refractivity contribution is 5.43. The highest BCUT2D eigenvalue weighted by Crippen LogP contribution is 2.73. The summed E-state index contributed by atoms with van der Waals surface area (Å²) < 4.78 is 5.42. The Hall–Kier alpha value is -1.32. The molecule has 0 saturated heterocycles. The Morgan fingerprint density at radius 3 is 2.80 bits per heavy atom. The first-order chi connectivity index (χ1) is 12.0. The SMILES string of the molecule is COc1ccc2c(c1)CC[C@@H]1[C@@H]2CC[C@]2(C)[C@]3(O)CC[C@]12C=C[C@@H]3O. The first kappa shape index (κ1) is 15.9. The summed E-state index contributed by atoms with van der Waals surface area (Å²) in [5.41, 5.74) is 1.80. The molecule has 3 nitrogen and oxygen atoms in total. The number of hydrogen-bond acceptors (Lipinski definition) is 3. The van der Waals surface area contributed by atoms with E-state index in [2.05, 4.69) is 31.2 Å². The molecule has 0 heterocycles. The van der Waals surface area contributed by atoms with Gasteiger partial charge in [0, 0.05) is 10.8 Å². The van der Waals surface area contributed by atoms with Crippen LogP contribution in [0.4, 0.5) is 0 Å². The average Bonchev–Trinajstić information content (AvgIpc) is 2.78. The maximum absolute atomic E-state index is 11.4. The summed E-state index contributed by atoms with van der Waals surface area (Å²) in [6, 6.07) is 6.58. The van der Waals surface area contributed by atoms with Crippen LogP contribution in [0.5, 0.6) is 5.75 Å². The molecule has 4 aliphatic carbocycles. The van der Waals surface area contributed by atoms with E-state index in [0.717, 1.165) is 44.3 Å². The molecule has 2 saturated carbocycles. The fraction of sp³-hybridized carbons (Fsp3) is 0.636. The molecule has 0 unspecified atom stereocenters. The molecule has 1 aromatic rings. The molecular formula is C22H28O3. The smallest absolute Gasteiger partial charge is 0.119 e. The Balaban J connectivity index is 1.62. The van der Waals surface area contributed by atoms with E-state index in [1.165, 1.54) is 11.1 Å². The molecule has 0 aromatic heterocycles. The minimum absolute atomic E-state index is 0.0293. The number of fused-ring (bicyclic) bond motifs is 3. The Labute approximate surface area is 149 Å². The Morgan fingerprint density at radius 1 is 1.16 bits per heavy atom. The van der Waals surface area contributed by atoms with Gasteiger partial charge in [-0.05, 0) is 73.6 Å². The first-order valence-corrected chi connectivity index (χ1v) is 9.72. The number of aliphatic hydroxyl groups is 2. The third-order valence-corrected chi connectivity index (χ3v) is 8.54. The zero-order valence-electron chi connectivity index (χ0n) is 15.2. The van der Waals surface area contributed by atoms with E-state index >= 15 is 0 Å². The van der Waals surface area contributed by atoms with Crippen molar-refractivity contribution in [3.63, 3.8) is 0 Å². The van der Waals surface area contributed by atoms with Crippen LogP contribution in [0.1, 0.15) is 56.1 Å². The number of aryl methyl sites for hydroxylation is 1. The average molecular weight is 340 g/mol. The van der Waals surface area contributed by atoms with Crippen molar-refractivity contribution in [1.82, 2.24) is 0 Å². The first-order valence-electron chi connectivity index (χ1n) is 9.72. The lowest BCUT2D eigenvalue weighted by Crippen LogP contribution is -2.62. The van der Waals surface area contributed by atoms with Crippen LogP contribution < -0.4 is 4.74 Å². The molecule has 3 heteroatoms. The van der Waals surface area contributed by atoms with Gasteiger partial charge in [-0.2, -0.15) is 0 Å². The predicted octanol–water partition coefficient (Wildman–Crippen LogP) is 3.58. The van der Waals surface area contributed by atoms with Crippen molar-refractivity contribution in [2.45, 2.75) is 63.1 Å². The standard InChI is InChI=1S/C22H28O3/c1-20-9-7-17-16-5-4-15(25-2)13-14(16)3-6-18(17)21(20)10-8-19(23)22(20,24)12-11-21/h4-5,8,10,13,17-19,23-24H,3,6-7,9,11-12H2,1-2H3/t17-,18-,19+,20+,21-,22+/m1/s1. The highest BCUT2D eigenvalue weighted by atomic mass is 16.5. The maximum atomic E-state index is 11.4. The van der Waals surface area contributed by atoms with Gasteiger partial charge in [0.1, 0.15) is 17.5 Å². The number of rotatable bonds is 1. The molecule has 25 heavy (non-hydrogen) atoms. The molecule has 2 bridgehead atoms. The van der Waals surface area contributed by atoms with Crippen LogP contribution in [0.15, 0.2) is 30.4 Å². The van der Waals surface area contributed by atoms with Gasteiger partial charge in [-0.25, -0.2) is 0 Å². The van der Waals surface area contributed by atoms with Crippen molar-refractivity contribution in [1.29, 1.82) is 0 Å². The second kappa shape index (κ2) is 4.89. The molecule has 2 N–H and O–H groups in total. The monoisotopic (exact) mass is 340 g/mol. The number of ether oxygens (including phenoxy) is 1. The van der Waals surface area contributed by atoms with Crippen LogP contribution in [0.2, 0.25) is 0 Å². The number of aliphatic hydroxyl groups excluding tert-OH is 1. The van der Waals surface area contributed by atoms with Gasteiger partial charge in [-0.1, -0.05) is 25.1 Å². The van der Waals surface area contributed by atoms with E-state index in [9.17, 15) is 10.2 Å². The van der Waals surface area contributed by atoms with Gasteiger partial charge in [0.15, 0.2) is 0 Å². The maximum Gasteiger partial charge on any atom is 0.119 e. The van der Waals surface area contributed by atoms with Crippen molar-refractivity contribution in [3.05, 3.63) is 41.5 Å². The van der Waals surface area contributed by atoms with Crippen molar-refractivity contribution >= 4 is 0 Å². The van der Waals surface area contributed by atoms with Gasteiger partial charge in [0.2, 0.25) is 0 Å². The minimum atomic E-state index is -0.951. The second-order valence-electron chi connectivity index (χ2n) is 8.96. The molecule has 0 amide bonds. The summed E-state index contributed by atoms with van der Waals surface area (Å²) >= 11 is 0. The normalized spacial score (nSPS) is 47.0. The lowest BCUT2D eigenvalue weighted by Gasteiger charge is -2.61. The topological polar surface area (TPSA) is 49.7 Å². The Bertz CT molecular complexity index is 756. The largest absolute Gasteiger partial charge is 0.497 e. The van der Waals surface area contributed by atoms with Crippen LogP contribution >= 0.6 is 0 Å². The van der Waals surface area contributed by atoms with E-state index in [0.29, 0.717) is 11.8 Å². The number of benzene rings is 1. The summed E-state index contributed by atoms with van der Waals surface area (Å²) in [5, 5.41) is 21.9. The Morgan fingerprint density at radius 2 is 2.00 bits per heavy atom. The van der Waals surface area contributed by atoms with Crippen molar-refractivity contribution < 1.29 is 14.9 Å². The van der Waals surface area contributed by atoms with Crippen molar-refractivity contribution in [3.8, 4) is 5.75 Å². The van der Waals surface area contributed by atoms with Gasteiger partial charge in [-0.3, -0.25) is 0 Å². The van der Waals surface area contributed by atoms with Crippen LogP contribution in [0.3, 0.4) is 0 Å². The van der Waals surface area contributed by atoms with Crippen LogP contribution in [-0.4, -0.2) is 29.0 Å². The van der Waals surface area contributed by atoms with Gasteiger partial charge in [0.05, 0.1) is 7.11 Å². The van der Waals surface area contributed by atoms with Gasteiger partial charge < -0.3 is 14.9 Å². The summed E-state index contributed by atoms with van der Waals surface area (Å²) in [6.07, 6.45) is 9.52. The van der Waals surface area contributed by atoms with Gasteiger partial charge in [0.25, 0.3) is 0 Å². The van der Waals surface area contributed by atoms with Gasteiger partial charge >= 0.3 is 0 Å². The van der Waals surface area contributed by atoms with E-state index in [-0.39, 0.29) is 10.8 Å². The highest BCUT2D eigenvalue weighted by Gasteiger charge is 2.71. The van der Waals surface area contributed by atoms with Crippen molar-refractivity contribution in [2.75, 3.05) is 7.11 Å². The minimum Gasteiger partial charge on any atom is -0.497 e. The molecule has 0 radical (unpaired) electrons. The summed E-state index contributed by atoms with van der Waals surface area (Å²) in [5.74, 6) is 2.07. The van der Waals surface area contributed by atoms with Gasteiger partial charge in [-0.15, -0.1) is 0 Å². The molecule has 0 aliphatic heterocycles. The van der Waals surface area contributed by atoms with E-state index < -0.39 is 11.7 Å². The third-order valence-electron chi connectivity index (χ3n) is 8.54. The summed E-state index contributed by atoms with van der Waals surface area (Å²) in [7, 11) is 1.73. The number of methoxy groups -OCH3 is 1. The molecule has 0 spiro atoms. The Kier molecular flexibility index (Phi) is 3.11.